The molecule has 1 saturated heterocycles. The topological polar surface area (TPSA) is 115 Å². The van der Waals surface area contributed by atoms with Crippen LogP contribution < -0.4 is 5.73 Å². The van der Waals surface area contributed by atoms with E-state index < -0.39 is 65.3 Å². The summed E-state index contributed by atoms with van der Waals surface area (Å²) < 4.78 is 36.7. The van der Waals surface area contributed by atoms with Crippen molar-refractivity contribution in [2.75, 3.05) is 20.2 Å². The van der Waals surface area contributed by atoms with E-state index in [-0.39, 0.29) is 30.9 Å². The lowest BCUT2D eigenvalue weighted by molar-refractivity contribution is -0.146. The van der Waals surface area contributed by atoms with Gasteiger partial charge in [0.1, 0.15) is 17.7 Å². The second-order valence-corrected chi connectivity index (χ2v) is 13.4. The number of benzene rings is 2. The van der Waals surface area contributed by atoms with Crippen molar-refractivity contribution in [2.24, 2.45) is 17.1 Å². The van der Waals surface area contributed by atoms with E-state index in [0.29, 0.717) is 17.8 Å². The molecule has 0 saturated carbocycles. The Balaban J connectivity index is 1.74. The molecule has 4 atom stereocenters. The number of carbonyl (C=O) groups is 4. The Hall–Kier alpha value is -4.22. The maximum atomic E-state index is 15.0. The van der Waals surface area contributed by atoms with E-state index in [1.54, 1.807) is 31.0 Å². The summed E-state index contributed by atoms with van der Waals surface area (Å²) >= 11 is 0. The Labute approximate surface area is 274 Å². The predicted octanol–water partition coefficient (Wildman–Crippen LogP) is 5.11. The first-order valence-electron chi connectivity index (χ1n) is 15.8. The fraction of sp³-hybridized carbons (Fsp3) is 0.444. The summed E-state index contributed by atoms with van der Waals surface area (Å²) in [5.74, 6) is -3.31. The number of likely N-dealkylation sites (tertiary alicyclic amines) is 1. The fourth-order valence-corrected chi connectivity index (χ4v) is 6.04. The molecule has 0 spiro atoms. The minimum absolute atomic E-state index is 0.0415. The Bertz CT molecular complexity index is 1620. The molecule has 9 nitrogen and oxygen atoms in total. The van der Waals surface area contributed by atoms with Crippen molar-refractivity contribution in [1.82, 2.24) is 14.4 Å². The van der Waals surface area contributed by atoms with Crippen LogP contribution in [0.2, 0.25) is 0 Å². The van der Waals surface area contributed by atoms with Gasteiger partial charge in [0, 0.05) is 55.6 Å². The minimum Gasteiger partial charge on any atom is -0.372 e. The number of nitrogens with two attached hydrogens (primary N) is 1. The minimum atomic E-state index is -1.06. The van der Waals surface area contributed by atoms with Gasteiger partial charge in [-0.3, -0.25) is 24.1 Å². The number of aromatic nitrogens is 1. The van der Waals surface area contributed by atoms with E-state index >= 15 is 4.39 Å². The zero-order valence-corrected chi connectivity index (χ0v) is 27.8. The lowest BCUT2D eigenvalue weighted by Crippen LogP contribution is -2.49. The van der Waals surface area contributed by atoms with Crippen molar-refractivity contribution in [2.45, 2.75) is 72.2 Å². The van der Waals surface area contributed by atoms with Gasteiger partial charge in [0.05, 0.1) is 18.6 Å². The van der Waals surface area contributed by atoms with Crippen LogP contribution in [0.15, 0.2) is 60.8 Å². The van der Waals surface area contributed by atoms with Gasteiger partial charge in [-0.25, -0.2) is 8.78 Å². The molecule has 2 aromatic carbocycles. The van der Waals surface area contributed by atoms with Crippen molar-refractivity contribution < 1.29 is 32.7 Å². The predicted molar refractivity (Wildman–Crippen MR) is 174 cm³/mol. The highest BCUT2D eigenvalue weighted by Gasteiger charge is 2.40. The first kappa shape index (κ1) is 35.6. The zero-order chi connectivity index (χ0) is 34.6. The van der Waals surface area contributed by atoms with Crippen LogP contribution in [0.3, 0.4) is 0 Å². The number of amides is 3. The molecule has 47 heavy (non-hydrogen) atoms. The third-order valence-electron chi connectivity index (χ3n) is 8.64. The largest absolute Gasteiger partial charge is 0.372 e. The van der Waals surface area contributed by atoms with Gasteiger partial charge in [-0.05, 0) is 48.6 Å². The molecule has 2 heterocycles. The Kier molecular flexibility index (Phi) is 11.1. The van der Waals surface area contributed by atoms with Gasteiger partial charge in [-0.15, -0.1) is 0 Å². The van der Waals surface area contributed by atoms with Crippen LogP contribution in [0.25, 0.3) is 11.1 Å². The van der Waals surface area contributed by atoms with E-state index in [4.69, 9.17) is 10.5 Å². The van der Waals surface area contributed by atoms with Crippen molar-refractivity contribution in [3.05, 3.63) is 83.7 Å². The van der Waals surface area contributed by atoms with E-state index in [1.807, 2.05) is 55.7 Å². The molecule has 252 valence electrons. The van der Waals surface area contributed by atoms with Gasteiger partial charge in [0.15, 0.2) is 5.78 Å². The van der Waals surface area contributed by atoms with Gasteiger partial charge >= 0.3 is 0 Å². The monoisotopic (exact) mass is 650 g/mol. The van der Waals surface area contributed by atoms with Gasteiger partial charge in [0.25, 0.3) is 5.91 Å². The number of hydrogen-bond donors (Lipinski definition) is 1. The van der Waals surface area contributed by atoms with Crippen LogP contribution in [0.5, 0.6) is 0 Å². The fourth-order valence-electron chi connectivity index (χ4n) is 6.04. The standard InChI is InChI=1S/C36H44F2N4O5/c1-22-16-32(44)42(34(22)45)21-31(43)29(39)14-15-41(35(46)23(2)47-6)33(36(3,4)5)30-17-25(27-18-26(37)12-13-28(27)38)20-40(30)19-24-10-8-7-9-11-24/h7-13,17-18,20,22-23,29,33H,14-16,19,21,39H2,1-6H3. The molecule has 2 N–H and O–H groups in total. The number of halogens is 2. The number of carbonyl (C=O) groups excluding carboxylic acids is 4. The summed E-state index contributed by atoms with van der Waals surface area (Å²) in [6, 6.07) is 13.0. The van der Waals surface area contributed by atoms with Crippen molar-refractivity contribution in [3.8, 4) is 11.1 Å². The second kappa shape index (κ2) is 14.7. The van der Waals surface area contributed by atoms with Gasteiger partial charge in [0.2, 0.25) is 11.8 Å². The average molecular weight is 651 g/mol. The number of hydrogen-bond acceptors (Lipinski definition) is 6. The number of Topliss-reactive ketones (excluding diaryl/α,β-unsaturated/α-hetero) is 1. The van der Waals surface area contributed by atoms with Crippen LogP contribution in [0.4, 0.5) is 8.78 Å². The van der Waals surface area contributed by atoms with Crippen molar-refractivity contribution >= 4 is 23.5 Å². The number of ketones is 1. The molecule has 4 unspecified atom stereocenters. The molecule has 3 amide bonds. The normalized spacial score (nSPS) is 17.1. The van der Waals surface area contributed by atoms with Crippen LogP contribution in [0.1, 0.15) is 64.8 Å². The molecular formula is C36H44F2N4O5. The van der Waals surface area contributed by atoms with Crippen molar-refractivity contribution in [1.29, 1.82) is 0 Å². The van der Waals surface area contributed by atoms with E-state index in [9.17, 15) is 23.6 Å². The smallest absolute Gasteiger partial charge is 0.251 e. The average Bonchev–Trinajstić information content (AvgIpc) is 3.53. The highest BCUT2D eigenvalue weighted by Crippen LogP contribution is 2.41. The second-order valence-electron chi connectivity index (χ2n) is 13.4. The Morgan fingerprint density at radius 3 is 2.36 bits per heavy atom. The van der Waals surface area contributed by atoms with Gasteiger partial charge in [-0.1, -0.05) is 58.0 Å². The van der Waals surface area contributed by atoms with Gasteiger partial charge in [-0.2, -0.15) is 0 Å². The number of ether oxygens (including phenoxy) is 1. The summed E-state index contributed by atoms with van der Waals surface area (Å²) in [5.41, 5.74) is 7.86. The summed E-state index contributed by atoms with van der Waals surface area (Å²) in [6.07, 6.45) is 1.01. The van der Waals surface area contributed by atoms with Crippen LogP contribution >= 0.6 is 0 Å². The number of methoxy groups -OCH3 is 1. The molecule has 4 rings (SSSR count). The first-order chi connectivity index (χ1) is 22.1. The zero-order valence-electron chi connectivity index (χ0n) is 27.8. The third kappa shape index (κ3) is 8.20. The Morgan fingerprint density at radius 2 is 1.77 bits per heavy atom. The number of imide groups is 1. The summed E-state index contributed by atoms with van der Waals surface area (Å²) in [6.45, 7) is 9.17. The number of rotatable bonds is 13. The van der Waals surface area contributed by atoms with Crippen LogP contribution in [-0.4, -0.2) is 70.2 Å². The Morgan fingerprint density at radius 1 is 1.09 bits per heavy atom. The number of nitrogens with zero attached hydrogens (tertiary/aromatic N) is 3. The summed E-state index contributed by atoms with van der Waals surface area (Å²) in [4.78, 5) is 54.4. The van der Waals surface area contributed by atoms with Crippen molar-refractivity contribution in [3.63, 3.8) is 0 Å². The molecule has 11 heteroatoms. The van der Waals surface area contributed by atoms with E-state index in [1.165, 1.54) is 7.11 Å². The van der Waals surface area contributed by atoms with Gasteiger partial charge < -0.3 is 19.9 Å². The maximum Gasteiger partial charge on any atom is 0.251 e. The van der Waals surface area contributed by atoms with Crippen LogP contribution in [0, 0.1) is 23.0 Å². The van der Waals surface area contributed by atoms with Crippen LogP contribution in [-0.2, 0) is 30.5 Å². The van der Waals surface area contributed by atoms with E-state index in [2.05, 4.69) is 0 Å². The molecule has 1 aliphatic heterocycles. The molecule has 0 aliphatic carbocycles. The molecule has 0 radical (unpaired) electrons. The lowest BCUT2D eigenvalue weighted by Gasteiger charge is -2.42. The van der Waals surface area contributed by atoms with E-state index in [0.717, 1.165) is 28.7 Å². The third-order valence-corrected chi connectivity index (χ3v) is 8.64. The molecule has 3 aromatic rings. The molecule has 1 fully saturated rings. The highest BCUT2D eigenvalue weighted by molar-refractivity contribution is 6.06. The lowest BCUT2D eigenvalue weighted by atomic mass is 9.82. The molecular weight excluding hydrogens is 606 g/mol. The first-order valence-corrected chi connectivity index (χ1v) is 15.8. The molecule has 0 bridgehead atoms. The quantitative estimate of drug-likeness (QED) is 0.257. The summed E-state index contributed by atoms with van der Waals surface area (Å²) in [7, 11) is 1.43. The SMILES string of the molecule is COC(C)C(=O)N(CCC(N)C(=O)CN1C(=O)CC(C)C1=O)C(c1cc(-c2cc(F)ccc2F)cn1Cc1ccccc1)C(C)(C)C. The maximum absolute atomic E-state index is 15.0. The highest BCUT2D eigenvalue weighted by atomic mass is 19.1. The molecule has 1 aromatic heterocycles. The molecule has 1 aliphatic rings. The summed E-state index contributed by atoms with van der Waals surface area (Å²) in [5, 5.41) is 0.